The molecular weight excluding hydrogens is 342 g/mol. The lowest BCUT2D eigenvalue weighted by Gasteiger charge is -2.17. The molecule has 0 amide bonds. The number of aromatic nitrogens is 4. The lowest BCUT2D eigenvalue weighted by atomic mass is 10.1. The van der Waals surface area contributed by atoms with Crippen molar-refractivity contribution in [1.82, 2.24) is 19.5 Å². The summed E-state index contributed by atoms with van der Waals surface area (Å²) in [6, 6.07) is 0. The number of hydrogen-bond acceptors (Lipinski definition) is 8. The SMILES string of the molecule is CCCCC#Cc1nc(N)c2ncn([C@H]3S[C@H](CO)[C@@H](O)[C@H]3O)c2n1. The highest BCUT2D eigenvalue weighted by molar-refractivity contribution is 8.00. The summed E-state index contributed by atoms with van der Waals surface area (Å²) in [6.07, 6.45) is 2.28. The Balaban J connectivity index is 1.97. The van der Waals surface area contributed by atoms with E-state index in [0.717, 1.165) is 19.3 Å². The molecular formula is C16H21N5O3S. The molecule has 0 aromatic carbocycles. The monoisotopic (exact) mass is 363 g/mol. The van der Waals surface area contributed by atoms with Gasteiger partial charge in [-0.25, -0.2) is 15.0 Å². The maximum atomic E-state index is 10.3. The number of thioether (sulfide) groups is 1. The Morgan fingerprint density at radius 1 is 1.32 bits per heavy atom. The average molecular weight is 363 g/mol. The molecule has 1 fully saturated rings. The minimum absolute atomic E-state index is 0.222. The zero-order chi connectivity index (χ0) is 18.0. The van der Waals surface area contributed by atoms with E-state index in [1.807, 2.05) is 0 Å². The van der Waals surface area contributed by atoms with Gasteiger partial charge in [0.1, 0.15) is 17.0 Å². The van der Waals surface area contributed by atoms with Crippen LogP contribution in [0.1, 0.15) is 37.4 Å². The molecule has 1 aliphatic heterocycles. The number of anilines is 1. The molecule has 2 aromatic rings. The van der Waals surface area contributed by atoms with Gasteiger partial charge in [0.15, 0.2) is 11.5 Å². The molecule has 1 aliphatic rings. The lowest BCUT2D eigenvalue weighted by molar-refractivity contribution is 0.0113. The average Bonchev–Trinajstić information content (AvgIpc) is 3.14. The van der Waals surface area contributed by atoms with Crippen LogP contribution in [0.4, 0.5) is 5.82 Å². The number of fused-ring (bicyclic) bond motifs is 1. The van der Waals surface area contributed by atoms with Crippen LogP contribution in [0.5, 0.6) is 0 Å². The molecule has 25 heavy (non-hydrogen) atoms. The Morgan fingerprint density at radius 3 is 2.80 bits per heavy atom. The van der Waals surface area contributed by atoms with Crippen molar-refractivity contribution >= 4 is 28.7 Å². The van der Waals surface area contributed by atoms with Crippen molar-refractivity contribution in [2.75, 3.05) is 12.3 Å². The predicted molar refractivity (Wildman–Crippen MR) is 95.7 cm³/mol. The molecule has 1 saturated heterocycles. The molecule has 8 nitrogen and oxygen atoms in total. The molecule has 4 atom stereocenters. The normalized spacial score (nSPS) is 25.9. The Labute approximate surface area is 149 Å². The van der Waals surface area contributed by atoms with E-state index >= 15 is 0 Å². The molecule has 0 unspecified atom stereocenters. The number of hydrogen-bond donors (Lipinski definition) is 4. The maximum Gasteiger partial charge on any atom is 0.208 e. The smallest absolute Gasteiger partial charge is 0.208 e. The van der Waals surface area contributed by atoms with Gasteiger partial charge in [0, 0.05) is 6.42 Å². The van der Waals surface area contributed by atoms with Crippen LogP contribution in [0.3, 0.4) is 0 Å². The molecule has 5 N–H and O–H groups in total. The topological polar surface area (TPSA) is 130 Å². The van der Waals surface area contributed by atoms with Gasteiger partial charge in [-0.1, -0.05) is 19.3 Å². The molecule has 0 saturated carbocycles. The fourth-order valence-electron chi connectivity index (χ4n) is 2.70. The van der Waals surface area contributed by atoms with Crippen molar-refractivity contribution in [2.24, 2.45) is 0 Å². The summed E-state index contributed by atoms with van der Waals surface area (Å²) in [4.78, 5) is 12.8. The van der Waals surface area contributed by atoms with Gasteiger partial charge >= 0.3 is 0 Å². The van der Waals surface area contributed by atoms with Gasteiger partial charge in [0.05, 0.1) is 24.3 Å². The van der Waals surface area contributed by atoms with E-state index in [2.05, 4.69) is 33.7 Å². The number of aliphatic hydroxyl groups excluding tert-OH is 3. The quantitative estimate of drug-likeness (QED) is 0.450. The van der Waals surface area contributed by atoms with Crippen LogP contribution in [0.2, 0.25) is 0 Å². The predicted octanol–water partition coefficient (Wildman–Crippen LogP) is 0.278. The summed E-state index contributed by atoms with van der Waals surface area (Å²) in [5, 5.41) is 28.7. The molecule has 0 aliphatic carbocycles. The van der Waals surface area contributed by atoms with Crippen molar-refractivity contribution in [3.8, 4) is 11.8 Å². The fraction of sp³-hybridized carbons (Fsp3) is 0.562. The summed E-state index contributed by atoms with van der Waals surface area (Å²) in [5.74, 6) is 6.46. The summed E-state index contributed by atoms with van der Waals surface area (Å²) in [5.41, 5.74) is 6.84. The number of rotatable bonds is 4. The van der Waals surface area contributed by atoms with Crippen molar-refractivity contribution in [3.05, 3.63) is 12.2 Å². The molecule has 9 heteroatoms. The van der Waals surface area contributed by atoms with Gasteiger partial charge in [-0.15, -0.1) is 11.8 Å². The molecule has 0 spiro atoms. The van der Waals surface area contributed by atoms with E-state index in [1.54, 1.807) is 4.57 Å². The largest absolute Gasteiger partial charge is 0.395 e. The number of nitrogens with zero attached hydrogens (tertiary/aromatic N) is 4. The molecule has 0 radical (unpaired) electrons. The first-order chi connectivity index (χ1) is 12.1. The van der Waals surface area contributed by atoms with Gasteiger partial charge < -0.3 is 21.1 Å². The highest BCUT2D eigenvalue weighted by atomic mass is 32.2. The van der Waals surface area contributed by atoms with Gasteiger partial charge in [-0.3, -0.25) is 4.57 Å². The van der Waals surface area contributed by atoms with Gasteiger partial charge in [0.2, 0.25) is 5.82 Å². The maximum absolute atomic E-state index is 10.3. The third-order valence-electron chi connectivity index (χ3n) is 4.10. The first-order valence-electron chi connectivity index (χ1n) is 8.18. The van der Waals surface area contributed by atoms with E-state index in [1.165, 1.54) is 18.1 Å². The van der Waals surface area contributed by atoms with E-state index in [4.69, 9.17) is 5.73 Å². The summed E-state index contributed by atoms with van der Waals surface area (Å²) in [7, 11) is 0. The number of nitrogen functional groups attached to an aromatic ring is 1. The highest BCUT2D eigenvalue weighted by Crippen LogP contribution is 2.42. The highest BCUT2D eigenvalue weighted by Gasteiger charge is 2.43. The molecule has 0 bridgehead atoms. The Kier molecular flexibility index (Phi) is 5.44. The molecule has 2 aromatic heterocycles. The van der Waals surface area contributed by atoms with Crippen LogP contribution >= 0.6 is 11.8 Å². The second-order valence-corrected chi connectivity index (χ2v) is 7.25. The third kappa shape index (κ3) is 3.43. The van der Waals surface area contributed by atoms with Crippen LogP contribution in [-0.4, -0.2) is 58.9 Å². The van der Waals surface area contributed by atoms with Gasteiger partial charge in [0.25, 0.3) is 0 Å². The standard InChI is InChI=1S/C16H21N5O3S/c1-2-3-4-5-6-10-19-14(17)11-15(20-10)21(8-18-11)16-13(24)12(23)9(7-22)25-16/h8-9,12-13,16,22-24H,2-4,7H2,1H3,(H2,17,19,20)/t9-,12-,13-,16+/m1/s1. The van der Waals surface area contributed by atoms with E-state index < -0.39 is 22.8 Å². The van der Waals surface area contributed by atoms with Gasteiger partial charge in [-0.05, 0) is 12.3 Å². The van der Waals surface area contributed by atoms with Crippen LogP contribution in [0, 0.1) is 11.8 Å². The van der Waals surface area contributed by atoms with E-state index in [0.29, 0.717) is 17.0 Å². The summed E-state index contributed by atoms with van der Waals surface area (Å²) < 4.78 is 1.65. The fourth-order valence-corrected chi connectivity index (χ4v) is 4.07. The Bertz CT molecular complexity index is 815. The van der Waals surface area contributed by atoms with Crippen LogP contribution in [0.25, 0.3) is 11.2 Å². The van der Waals surface area contributed by atoms with Crippen molar-refractivity contribution in [2.45, 2.75) is 49.0 Å². The van der Waals surface area contributed by atoms with E-state index in [-0.39, 0.29) is 12.4 Å². The second kappa shape index (κ2) is 7.58. The van der Waals surface area contributed by atoms with E-state index in [9.17, 15) is 15.3 Å². The Morgan fingerprint density at radius 2 is 2.12 bits per heavy atom. The first-order valence-corrected chi connectivity index (χ1v) is 9.12. The summed E-state index contributed by atoms with van der Waals surface area (Å²) in [6.45, 7) is 1.87. The van der Waals surface area contributed by atoms with Crippen molar-refractivity contribution in [3.63, 3.8) is 0 Å². The number of unbranched alkanes of at least 4 members (excludes halogenated alkanes) is 2. The molecule has 3 heterocycles. The first kappa shape index (κ1) is 17.9. The van der Waals surface area contributed by atoms with Crippen LogP contribution in [0.15, 0.2) is 6.33 Å². The second-order valence-electron chi connectivity index (χ2n) is 5.89. The minimum atomic E-state index is -1.05. The number of nitrogens with two attached hydrogens (primary N) is 1. The zero-order valence-corrected chi connectivity index (χ0v) is 14.6. The minimum Gasteiger partial charge on any atom is -0.395 e. The number of aliphatic hydroxyl groups is 3. The van der Waals surface area contributed by atoms with Crippen LogP contribution < -0.4 is 5.73 Å². The van der Waals surface area contributed by atoms with Gasteiger partial charge in [-0.2, -0.15) is 0 Å². The van der Waals surface area contributed by atoms with Crippen LogP contribution in [-0.2, 0) is 0 Å². The molecule has 134 valence electrons. The zero-order valence-electron chi connectivity index (χ0n) is 13.8. The lowest BCUT2D eigenvalue weighted by Crippen LogP contribution is -2.32. The van der Waals surface area contributed by atoms with Crippen molar-refractivity contribution < 1.29 is 15.3 Å². The molecule has 3 rings (SSSR count). The number of imidazole rings is 1. The summed E-state index contributed by atoms with van der Waals surface area (Å²) >= 11 is 1.27. The van der Waals surface area contributed by atoms with Crippen molar-refractivity contribution in [1.29, 1.82) is 0 Å². The Hall–Kier alpha value is -1.86. The third-order valence-corrected chi connectivity index (χ3v) is 5.66.